The topological polar surface area (TPSA) is 70.6 Å². The predicted molar refractivity (Wildman–Crippen MR) is 114 cm³/mol. The summed E-state index contributed by atoms with van der Waals surface area (Å²) in [5, 5.41) is 17.3. The highest BCUT2D eigenvalue weighted by atomic mass is 35.5. The summed E-state index contributed by atoms with van der Waals surface area (Å²) < 4.78 is 5.66. The lowest BCUT2D eigenvalue weighted by atomic mass is 9.84. The van der Waals surface area contributed by atoms with E-state index in [-0.39, 0.29) is 18.1 Å². The molecule has 5 nitrogen and oxygen atoms in total. The van der Waals surface area contributed by atoms with Crippen LogP contribution in [0.25, 0.3) is 0 Å². The van der Waals surface area contributed by atoms with Gasteiger partial charge in [0.25, 0.3) is 0 Å². The number of carbonyl (C=O) groups is 1. The van der Waals surface area contributed by atoms with Gasteiger partial charge in [-0.05, 0) is 54.8 Å². The molecule has 0 bridgehead atoms. The number of nitrogens with one attached hydrogen (secondary N) is 2. The first-order valence-corrected chi connectivity index (χ1v) is 9.96. The third-order valence-electron chi connectivity index (χ3n) is 4.90. The second-order valence-corrected chi connectivity index (χ2v) is 7.28. The first kappa shape index (κ1) is 22.2. The number of benzene rings is 2. The van der Waals surface area contributed by atoms with Crippen molar-refractivity contribution in [1.29, 1.82) is 0 Å². The van der Waals surface area contributed by atoms with Gasteiger partial charge in [-0.1, -0.05) is 37.6 Å². The molecular formula is C22H29ClN2O3. The van der Waals surface area contributed by atoms with E-state index in [2.05, 4.69) is 24.5 Å². The van der Waals surface area contributed by atoms with Crippen molar-refractivity contribution in [3.63, 3.8) is 0 Å². The Morgan fingerprint density at radius 3 is 2.25 bits per heavy atom. The molecule has 0 heterocycles. The second kappa shape index (κ2) is 10.5. The number of carbonyl (C=O) groups excluding carboxylic acids is 1. The number of hydrogen-bond acceptors (Lipinski definition) is 4. The molecule has 2 aromatic carbocycles. The van der Waals surface area contributed by atoms with Gasteiger partial charge in [0, 0.05) is 29.7 Å². The molecule has 0 radical (unpaired) electrons. The first-order valence-electron chi connectivity index (χ1n) is 9.58. The second-order valence-electron chi connectivity index (χ2n) is 6.85. The minimum atomic E-state index is -0.653. The Labute approximate surface area is 172 Å². The molecule has 0 aromatic heterocycles. The highest BCUT2D eigenvalue weighted by molar-refractivity contribution is 6.30. The fourth-order valence-electron chi connectivity index (χ4n) is 3.18. The maximum atomic E-state index is 11.0. The van der Waals surface area contributed by atoms with Crippen molar-refractivity contribution in [1.82, 2.24) is 5.32 Å². The summed E-state index contributed by atoms with van der Waals surface area (Å²) in [6, 6.07) is 14.9. The molecule has 1 unspecified atom stereocenters. The number of rotatable bonds is 10. The Bertz CT molecular complexity index is 743. The third-order valence-corrected chi connectivity index (χ3v) is 5.15. The Morgan fingerprint density at radius 1 is 1.11 bits per heavy atom. The zero-order valence-corrected chi connectivity index (χ0v) is 17.4. The van der Waals surface area contributed by atoms with Crippen molar-refractivity contribution >= 4 is 23.2 Å². The number of aliphatic hydroxyl groups excluding tert-OH is 1. The molecule has 0 saturated carbocycles. The number of ether oxygens (including phenoxy) is 1. The SMILES string of the molecule is CCC(CC)(NCC(O)COc1ccc(NC(C)=O)cc1)c1ccc(Cl)cc1. The van der Waals surface area contributed by atoms with Crippen LogP contribution in [0, 0.1) is 0 Å². The average Bonchev–Trinajstić information content (AvgIpc) is 2.69. The van der Waals surface area contributed by atoms with Crippen molar-refractivity contribution in [2.45, 2.75) is 45.3 Å². The molecule has 152 valence electrons. The van der Waals surface area contributed by atoms with Crippen LogP contribution in [0.2, 0.25) is 5.02 Å². The lowest BCUT2D eigenvalue weighted by molar-refractivity contribution is -0.114. The van der Waals surface area contributed by atoms with Crippen LogP contribution in [0.15, 0.2) is 48.5 Å². The smallest absolute Gasteiger partial charge is 0.221 e. The molecule has 0 saturated heterocycles. The van der Waals surface area contributed by atoms with Gasteiger partial charge in [0.15, 0.2) is 0 Å². The Balaban J connectivity index is 1.89. The molecule has 3 N–H and O–H groups in total. The number of anilines is 1. The van der Waals surface area contributed by atoms with E-state index in [0.29, 0.717) is 23.0 Å². The van der Waals surface area contributed by atoms with E-state index in [1.807, 2.05) is 24.3 Å². The molecule has 6 heteroatoms. The fourth-order valence-corrected chi connectivity index (χ4v) is 3.31. The molecule has 0 aliphatic carbocycles. The number of hydrogen-bond donors (Lipinski definition) is 3. The van der Waals surface area contributed by atoms with E-state index in [1.54, 1.807) is 24.3 Å². The van der Waals surface area contributed by atoms with Crippen molar-refractivity contribution in [2.24, 2.45) is 0 Å². The van der Waals surface area contributed by atoms with Crippen molar-refractivity contribution < 1.29 is 14.6 Å². The summed E-state index contributed by atoms with van der Waals surface area (Å²) in [6.45, 7) is 6.31. The van der Waals surface area contributed by atoms with Crippen LogP contribution >= 0.6 is 11.6 Å². The van der Waals surface area contributed by atoms with Crippen LogP contribution in [0.4, 0.5) is 5.69 Å². The van der Waals surface area contributed by atoms with Crippen LogP contribution in [0.5, 0.6) is 5.75 Å². The van der Waals surface area contributed by atoms with Crippen LogP contribution in [0.1, 0.15) is 39.2 Å². The summed E-state index contributed by atoms with van der Waals surface area (Å²) in [4.78, 5) is 11.0. The quantitative estimate of drug-likeness (QED) is 0.550. The summed E-state index contributed by atoms with van der Waals surface area (Å²) in [5.41, 5.74) is 1.65. The monoisotopic (exact) mass is 404 g/mol. The molecule has 0 aliphatic rings. The van der Waals surface area contributed by atoms with Gasteiger partial charge in [-0.2, -0.15) is 0 Å². The lowest BCUT2D eigenvalue weighted by Crippen LogP contribution is -2.46. The first-order chi connectivity index (χ1) is 13.4. The third kappa shape index (κ3) is 6.23. The average molecular weight is 405 g/mol. The van der Waals surface area contributed by atoms with Gasteiger partial charge in [-0.3, -0.25) is 4.79 Å². The molecule has 2 rings (SSSR count). The van der Waals surface area contributed by atoms with E-state index >= 15 is 0 Å². The Morgan fingerprint density at radius 2 is 1.71 bits per heavy atom. The molecule has 1 amide bonds. The molecular weight excluding hydrogens is 376 g/mol. The van der Waals surface area contributed by atoms with E-state index in [1.165, 1.54) is 6.92 Å². The summed E-state index contributed by atoms with van der Waals surface area (Å²) in [5.74, 6) is 0.522. The number of amides is 1. The maximum Gasteiger partial charge on any atom is 0.221 e. The highest BCUT2D eigenvalue weighted by Gasteiger charge is 2.28. The Hall–Kier alpha value is -2.08. The molecule has 1 atom stereocenters. The van der Waals surface area contributed by atoms with Gasteiger partial charge in [-0.15, -0.1) is 0 Å². The van der Waals surface area contributed by atoms with Crippen LogP contribution < -0.4 is 15.4 Å². The molecule has 0 fully saturated rings. The molecule has 2 aromatic rings. The van der Waals surface area contributed by atoms with Crippen molar-refractivity contribution in [2.75, 3.05) is 18.5 Å². The van der Waals surface area contributed by atoms with Crippen LogP contribution in [-0.4, -0.2) is 30.3 Å². The highest BCUT2D eigenvalue weighted by Crippen LogP contribution is 2.29. The predicted octanol–water partition coefficient (Wildman–Crippen LogP) is 4.34. The summed E-state index contributed by atoms with van der Waals surface area (Å²) in [6.07, 6.45) is 1.13. The van der Waals surface area contributed by atoms with Gasteiger partial charge in [-0.25, -0.2) is 0 Å². The maximum absolute atomic E-state index is 11.0. The Kier molecular flexibility index (Phi) is 8.30. The lowest BCUT2D eigenvalue weighted by Gasteiger charge is -2.34. The number of halogens is 1. The summed E-state index contributed by atoms with van der Waals surface area (Å²) >= 11 is 6.01. The zero-order chi connectivity index (χ0) is 20.6. The van der Waals surface area contributed by atoms with Gasteiger partial charge < -0.3 is 20.5 Å². The molecule has 0 aliphatic heterocycles. The fraction of sp³-hybridized carbons (Fsp3) is 0.409. The van der Waals surface area contributed by atoms with Crippen molar-refractivity contribution in [3.8, 4) is 5.75 Å². The van der Waals surface area contributed by atoms with Crippen molar-refractivity contribution in [3.05, 3.63) is 59.1 Å². The van der Waals surface area contributed by atoms with Gasteiger partial charge in [0.05, 0.1) is 0 Å². The van der Waals surface area contributed by atoms with Gasteiger partial charge in [0.2, 0.25) is 5.91 Å². The van der Waals surface area contributed by atoms with E-state index in [0.717, 1.165) is 18.4 Å². The van der Waals surface area contributed by atoms with Gasteiger partial charge in [0.1, 0.15) is 18.5 Å². The largest absolute Gasteiger partial charge is 0.491 e. The van der Waals surface area contributed by atoms with E-state index in [9.17, 15) is 9.90 Å². The summed E-state index contributed by atoms with van der Waals surface area (Å²) in [7, 11) is 0. The number of aliphatic hydroxyl groups is 1. The van der Waals surface area contributed by atoms with Gasteiger partial charge >= 0.3 is 0 Å². The zero-order valence-electron chi connectivity index (χ0n) is 16.7. The molecule has 28 heavy (non-hydrogen) atoms. The van der Waals surface area contributed by atoms with Crippen LogP contribution in [-0.2, 0) is 10.3 Å². The van der Waals surface area contributed by atoms with Crippen LogP contribution in [0.3, 0.4) is 0 Å². The van der Waals surface area contributed by atoms with E-state index < -0.39 is 6.10 Å². The normalized spacial score (nSPS) is 12.5. The van der Waals surface area contributed by atoms with E-state index in [4.69, 9.17) is 16.3 Å². The standard InChI is InChI=1S/C22H29ClN2O3/c1-4-22(5-2,17-6-8-18(23)9-7-17)24-14-20(27)15-28-21-12-10-19(11-13-21)25-16(3)26/h6-13,20,24,27H,4-5,14-15H2,1-3H3,(H,25,26). The minimum Gasteiger partial charge on any atom is -0.491 e. The molecule has 0 spiro atoms. The minimum absolute atomic E-state index is 0.119.